The predicted octanol–water partition coefficient (Wildman–Crippen LogP) is 14.3. The fourth-order valence-electron chi connectivity index (χ4n) is 9.21. The number of hydrogen-bond donors (Lipinski definition) is 0. The van der Waals surface area contributed by atoms with Crippen LogP contribution < -0.4 is 9.80 Å². The summed E-state index contributed by atoms with van der Waals surface area (Å²) in [7, 11) is 0. The predicted molar refractivity (Wildman–Crippen MR) is 222 cm³/mol. The normalized spacial score (nSPS) is 18.6. The second-order valence-corrected chi connectivity index (χ2v) is 15.5. The lowest BCUT2D eigenvalue weighted by atomic mass is 9.65. The molecule has 2 nitrogen and oxygen atoms in total. The summed E-state index contributed by atoms with van der Waals surface area (Å²) in [5.74, 6) is 0.603. The van der Waals surface area contributed by atoms with Crippen LogP contribution in [0.4, 0.5) is 34.1 Å². The topological polar surface area (TPSA) is 6.48 Å². The summed E-state index contributed by atoms with van der Waals surface area (Å²) in [5, 5.41) is 0. The Kier molecular flexibility index (Phi) is 8.87. The number of para-hydroxylation sites is 2. The number of nitrogens with zero attached hydrogens (tertiary/aromatic N) is 2. The van der Waals surface area contributed by atoms with Gasteiger partial charge in [0, 0.05) is 39.5 Å². The third-order valence-corrected chi connectivity index (χ3v) is 11.9. The van der Waals surface area contributed by atoms with Gasteiger partial charge in [-0.3, -0.25) is 0 Å². The molecule has 2 unspecified atom stereocenters. The van der Waals surface area contributed by atoms with E-state index in [4.69, 9.17) is 0 Å². The second-order valence-electron chi connectivity index (χ2n) is 15.5. The number of fused-ring (bicyclic) bond motifs is 3. The highest BCUT2D eigenvalue weighted by Gasteiger charge is 2.37. The number of allylic oxidation sites excluding steroid dienone is 2. The molecule has 0 aliphatic heterocycles. The highest BCUT2D eigenvalue weighted by molar-refractivity contribution is 5.88. The first-order valence-electron chi connectivity index (χ1n) is 19.2. The Balaban J connectivity index is 1.22. The lowest BCUT2D eigenvalue weighted by Crippen LogP contribution is -2.31. The van der Waals surface area contributed by atoms with Crippen LogP contribution in [-0.2, 0) is 10.8 Å². The van der Waals surface area contributed by atoms with Crippen molar-refractivity contribution in [3.05, 3.63) is 180 Å². The van der Waals surface area contributed by atoms with Crippen LogP contribution in [-0.4, -0.2) is 0 Å². The van der Waals surface area contributed by atoms with Crippen LogP contribution in [0.5, 0.6) is 0 Å². The van der Waals surface area contributed by atoms with Gasteiger partial charge < -0.3 is 9.80 Å². The molecule has 0 spiro atoms. The van der Waals surface area contributed by atoms with Crippen molar-refractivity contribution in [3.63, 3.8) is 0 Å². The molecule has 0 bridgehead atoms. The number of rotatable bonds is 9. The zero-order valence-electron chi connectivity index (χ0n) is 31.3. The van der Waals surface area contributed by atoms with E-state index in [1.165, 1.54) is 34.2 Å². The van der Waals surface area contributed by atoms with Gasteiger partial charge in [-0.15, -0.1) is 0 Å². The van der Waals surface area contributed by atoms with Crippen molar-refractivity contribution in [1.29, 1.82) is 0 Å². The van der Waals surface area contributed by atoms with Crippen LogP contribution in [0, 0.1) is 5.92 Å². The summed E-state index contributed by atoms with van der Waals surface area (Å²) < 4.78 is 0. The number of anilines is 6. The van der Waals surface area contributed by atoms with Crippen LogP contribution in [0.3, 0.4) is 0 Å². The highest BCUT2D eigenvalue weighted by atomic mass is 15.2. The van der Waals surface area contributed by atoms with Crippen molar-refractivity contribution in [3.8, 4) is 11.1 Å². The molecule has 0 N–H and O–H groups in total. The maximum absolute atomic E-state index is 2.52. The summed E-state index contributed by atoms with van der Waals surface area (Å²) in [6.45, 7) is 11.8. The van der Waals surface area contributed by atoms with Gasteiger partial charge in [-0.1, -0.05) is 131 Å². The van der Waals surface area contributed by atoms with E-state index in [1.54, 1.807) is 5.57 Å². The molecule has 2 atom stereocenters. The Hall–Kier alpha value is -5.34. The molecule has 52 heavy (non-hydrogen) atoms. The molecule has 0 saturated heterocycles. The maximum Gasteiger partial charge on any atom is 0.0482 e. The van der Waals surface area contributed by atoms with Gasteiger partial charge in [0.2, 0.25) is 0 Å². The minimum Gasteiger partial charge on any atom is -0.310 e. The molecule has 6 aromatic rings. The molecule has 8 rings (SSSR count). The van der Waals surface area contributed by atoms with E-state index in [0.717, 1.165) is 53.4 Å². The first-order valence-corrected chi connectivity index (χ1v) is 19.2. The van der Waals surface area contributed by atoms with Gasteiger partial charge in [0.15, 0.2) is 0 Å². The van der Waals surface area contributed by atoms with Crippen molar-refractivity contribution >= 4 is 34.1 Å². The fourth-order valence-corrected chi connectivity index (χ4v) is 9.21. The van der Waals surface area contributed by atoms with E-state index < -0.39 is 0 Å². The molecule has 2 aliphatic carbocycles. The van der Waals surface area contributed by atoms with Crippen molar-refractivity contribution in [1.82, 2.24) is 0 Å². The number of hydrogen-bond acceptors (Lipinski definition) is 2. The minimum atomic E-state index is -0.0331. The Labute approximate surface area is 311 Å². The fraction of sp³-hybridized carbons (Fsp3) is 0.240. The van der Waals surface area contributed by atoms with Gasteiger partial charge in [0.25, 0.3) is 0 Å². The van der Waals surface area contributed by atoms with Gasteiger partial charge in [0.05, 0.1) is 0 Å². The van der Waals surface area contributed by atoms with Crippen molar-refractivity contribution < 1.29 is 0 Å². The number of benzene rings is 6. The monoisotopic (exact) mass is 678 g/mol. The standard InChI is InChI=1S/C50H50N2/c1-6-37-31-36(3)34-50(7-2,35-37)38-25-27-41(28-26-38)51(39-17-10-8-11-18-39)42-21-16-22-43(32-42)52(40-19-12-9-13-20-40)44-29-30-48-46(33-44)45-23-14-15-24-47(45)49(48,4)5/h8-33,36H,6-7,34-35H2,1-5H3. The zero-order chi connectivity index (χ0) is 35.9. The summed E-state index contributed by atoms with van der Waals surface area (Å²) in [5.41, 5.74) is 15.5. The van der Waals surface area contributed by atoms with Crippen LogP contribution >= 0.6 is 0 Å². The van der Waals surface area contributed by atoms with E-state index >= 15 is 0 Å². The van der Waals surface area contributed by atoms with Gasteiger partial charge >= 0.3 is 0 Å². The molecule has 260 valence electrons. The first-order chi connectivity index (χ1) is 25.3. The third-order valence-electron chi connectivity index (χ3n) is 11.9. The summed E-state index contributed by atoms with van der Waals surface area (Å²) >= 11 is 0. The van der Waals surface area contributed by atoms with Crippen LogP contribution in [0.1, 0.15) is 77.0 Å². The Morgan fingerprint density at radius 2 is 1.06 bits per heavy atom. The highest BCUT2D eigenvalue weighted by Crippen LogP contribution is 2.51. The van der Waals surface area contributed by atoms with Crippen molar-refractivity contribution in [2.45, 2.75) is 71.1 Å². The van der Waals surface area contributed by atoms with Crippen LogP contribution in [0.2, 0.25) is 0 Å². The van der Waals surface area contributed by atoms with Gasteiger partial charge in [0.1, 0.15) is 0 Å². The third kappa shape index (κ3) is 5.95. The summed E-state index contributed by atoms with van der Waals surface area (Å²) in [6, 6.07) is 56.0. The van der Waals surface area contributed by atoms with E-state index in [-0.39, 0.29) is 10.8 Å². The smallest absolute Gasteiger partial charge is 0.0482 e. The first kappa shape index (κ1) is 33.8. The molecule has 0 saturated carbocycles. The van der Waals surface area contributed by atoms with Crippen molar-refractivity contribution in [2.24, 2.45) is 5.92 Å². The Bertz CT molecular complexity index is 2210. The molecule has 6 aromatic carbocycles. The van der Waals surface area contributed by atoms with Gasteiger partial charge in [-0.25, -0.2) is 0 Å². The lowest BCUT2D eigenvalue weighted by molar-refractivity contribution is 0.316. The summed E-state index contributed by atoms with van der Waals surface area (Å²) in [6.07, 6.45) is 7.18. The summed E-state index contributed by atoms with van der Waals surface area (Å²) in [4.78, 5) is 4.80. The zero-order valence-corrected chi connectivity index (χ0v) is 31.3. The Morgan fingerprint density at radius 1 is 0.538 bits per heavy atom. The van der Waals surface area contributed by atoms with Crippen LogP contribution in [0.25, 0.3) is 11.1 Å². The quantitative estimate of drug-likeness (QED) is 0.140. The molecule has 2 aliphatic rings. The SMILES string of the molecule is CCC1=CC(C)CC(CC)(c2ccc(N(c3ccccc3)c3cccc(N(c4ccccc4)c4ccc5c(c4)-c4ccccc4C5(C)C)c3)cc2)C1. The van der Waals surface area contributed by atoms with E-state index in [0.29, 0.717) is 5.92 Å². The molecular formula is C50H50N2. The average Bonchev–Trinajstić information content (AvgIpc) is 3.41. The van der Waals surface area contributed by atoms with E-state index in [1.807, 2.05) is 0 Å². The molecule has 2 heteroatoms. The van der Waals surface area contributed by atoms with Gasteiger partial charge in [-0.05, 0) is 132 Å². The molecule has 0 heterocycles. The molecule has 0 fully saturated rings. The second kappa shape index (κ2) is 13.7. The average molecular weight is 679 g/mol. The van der Waals surface area contributed by atoms with Crippen LogP contribution in [0.15, 0.2) is 163 Å². The molecule has 0 amide bonds. The minimum absolute atomic E-state index is 0.0331. The largest absolute Gasteiger partial charge is 0.310 e. The van der Waals surface area contributed by atoms with E-state index in [2.05, 4.69) is 202 Å². The Morgan fingerprint density at radius 3 is 1.69 bits per heavy atom. The maximum atomic E-state index is 2.52. The van der Waals surface area contributed by atoms with Gasteiger partial charge in [-0.2, -0.15) is 0 Å². The molecule has 0 aromatic heterocycles. The van der Waals surface area contributed by atoms with E-state index in [9.17, 15) is 0 Å². The molecular weight excluding hydrogens is 629 g/mol. The lowest BCUT2D eigenvalue weighted by Gasteiger charge is -2.40. The molecule has 0 radical (unpaired) electrons. The van der Waals surface area contributed by atoms with Crippen molar-refractivity contribution in [2.75, 3.05) is 9.80 Å².